The fourth-order valence-corrected chi connectivity index (χ4v) is 5.55. The number of aromatic nitrogens is 1. The first kappa shape index (κ1) is 19.4. The van der Waals surface area contributed by atoms with Gasteiger partial charge in [0.25, 0.3) is 5.91 Å². The highest BCUT2D eigenvalue weighted by atomic mass is 32.1. The molecule has 0 unspecified atom stereocenters. The first-order valence-electron chi connectivity index (χ1n) is 10.7. The molecule has 0 saturated heterocycles. The van der Waals surface area contributed by atoms with Gasteiger partial charge in [0.2, 0.25) is 5.91 Å². The first-order valence-corrected chi connectivity index (χ1v) is 11.6. The molecule has 1 N–H and O–H groups in total. The Morgan fingerprint density at radius 2 is 2.10 bits per heavy atom. The highest BCUT2D eigenvalue weighted by Gasteiger charge is 2.48. The lowest BCUT2D eigenvalue weighted by molar-refractivity contribution is -0.134. The molecular weight excluding hydrogens is 398 g/mol. The summed E-state index contributed by atoms with van der Waals surface area (Å²) < 4.78 is 7.73. The quantitative estimate of drug-likeness (QED) is 0.671. The van der Waals surface area contributed by atoms with Crippen molar-refractivity contribution in [3.05, 3.63) is 46.0 Å². The Hall–Kier alpha value is -2.54. The second-order valence-corrected chi connectivity index (χ2v) is 9.81. The topological polar surface area (TPSA) is 67.5 Å². The zero-order valence-electron chi connectivity index (χ0n) is 17.4. The minimum Gasteiger partial charge on any atom is -0.460 e. The third kappa shape index (κ3) is 3.16. The molecule has 1 aliphatic heterocycles. The van der Waals surface area contributed by atoms with E-state index in [1.807, 2.05) is 48.1 Å². The second-order valence-electron chi connectivity index (χ2n) is 8.78. The van der Waals surface area contributed by atoms with Crippen LogP contribution in [0.4, 0.5) is 0 Å². The van der Waals surface area contributed by atoms with Crippen LogP contribution in [0.25, 0.3) is 11.1 Å². The molecule has 2 aliphatic rings. The van der Waals surface area contributed by atoms with Crippen LogP contribution in [-0.4, -0.2) is 32.9 Å². The molecule has 3 aromatic heterocycles. The molecule has 1 fully saturated rings. The highest BCUT2D eigenvalue weighted by Crippen LogP contribution is 2.35. The van der Waals surface area contributed by atoms with Gasteiger partial charge < -0.3 is 19.2 Å². The van der Waals surface area contributed by atoms with Crippen LogP contribution in [0.2, 0.25) is 0 Å². The molecular formula is C23H27N3O3S. The van der Waals surface area contributed by atoms with Gasteiger partial charge in [0, 0.05) is 23.1 Å². The van der Waals surface area contributed by atoms with Crippen LogP contribution in [0.5, 0.6) is 0 Å². The van der Waals surface area contributed by atoms with Crippen LogP contribution in [-0.2, 0) is 17.9 Å². The van der Waals surface area contributed by atoms with Crippen LogP contribution in [0.1, 0.15) is 60.2 Å². The maximum Gasteiger partial charge on any atom is 0.271 e. The molecule has 1 atom stereocenters. The number of carbonyl (C=O) groups is 2. The largest absolute Gasteiger partial charge is 0.460 e. The van der Waals surface area contributed by atoms with Crippen LogP contribution in [0.3, 0.4) is 0 Å². The van der Waals surface area contributed by atoms with Gasteiger partial charge in [-0.3, -0.25) is 9.59 Å². The van der Waals surface area contributed by atoms with E-state index in [1.165, 1.54) is 6.42 Å². The number of aryl methyl sites for hydroxylation is 1. The van der Waals surface area contributed by atoms with Gasteiger partial charge in [-0.25, -0.2) is 0 Å². The van der Waals surface area contributed by atoms with E-state index in [2.05, 4.69) is 5.32 Å². The highest BCUT2D eigenvalue weighted by molar-refractivity contribution is 7.09. The summed E-state index contributed by atoms with van der Waals surface area (Å²) >= 11 is 1.61. The van der Waals surface area contributed by atoms with Crippen molar-refractivity contribution in [3.8, 4) is 0 Å². The van der Waals surface area contributed by atoms with Crippen molar-refractivity contribution in [2.45, 2.75) is 70.6 Å². The third-order valence-corrected chi connectivity index (χ3v) is 7.42. The summed E-state index contributed by atoms with van der Waals surface area (Å²) in [6.45, 7) is 4.64. The van der Waals surface area contributed by atoms with Gasteiger partial charge in [-0.1, -0.05) is 25.3 Å². The lowest BCUT2D eigenvalue weighted by Gasteiger charge is -2.44. The molecule has 5 rings (SSSR count). The average Bonchev–Trinajstić information content (AvgIpc) is 3.43. The van der Waals surface area contributed by atoms with Crippen molar-refractivity contribution < 1.29 is 14.0 Å². The molecule has 1 saturated carbocycles. The number of nitrogens with one attached hydrogen (secondary N) is 1. The van der Waals surface area contributed by atoms with Crippen molar-refractivity contribution >= 4 is 34.3 Å². The van der Waals surface area contributed by atoms with Gasteiger partial charge in [-0.2, -0.15) is 0 Å². The van der Waals surface area contributed by atoms with Crippen LogP contribution < -0.4 is 5.32 Å². The summed E-state index contributed by atoms with van der Waals surface area (Å²) in [5.41, 5.74) is 1.19. The van der Waals surface area contributed by atoms with E-state index in [9.17, 15) is 9.59 Å². The Morgan fingerprint density at radius 1 is 1.30 bits per heavy atom. The number of hydrogen-bond acceptors (Lipinski definition) is 4. The van der Waals surface area contributed by atoms with Gasteiger partial charge >= 0.3 is 0 Å². The number of rotatable bonds is 4. The van der Waals surface area contributed by atoms with Crippen molar-refractivity contribution in [2.24, 2.45) is 0 Å². The standard InChI is InChI=1S/C23H27N3O3S/c1-15-11-18-20(29-15)12-19-21(27)26(13-17-9-6-10-30-17)23(2,14-25(18)19)22(28)24-16-7-4-3-5-8-16/h6,9-12,16H,3-5,7-8,13-14H2,1-2H3,(H,24,28)/t23-/m0/s1. The predicted octanol–water partition coefficient (Wildman–Crippen LogP) is 4.47. The van der Waals surface area contributed by atoms with Gasteiger partial charge in [-0.15, -0.1) is 11.3 Å². The lowest BCUT2D eigenvalue weighted by Crippen LogP contribution is -2.64. The number of fused-ring (bicyclic) bond motifs is 3. The molecule has 6 nitrogen and oxygen atoms in total. The van der Waals surface area contributed by atoms with E-state index in [0.717, 1.165) is 41.8 Å². The van der Waals surface area contributed by atoms with Gasteiger partial charge in [0.1, 0.15) is 17.0 Å². The zero-order valence-corrected chi connectivity index (χ0v) is 18.3. The molecule has 7 heteroatoms. The van der Waals surface area contributed by atoms with Gasteiger partial charge in [-0.05, 0) is 38.1 Å². The number of carbonyl (C=O) groups excluding carboxylic acids is 2. The maximum absolute atomic E-state index is 13.6. The summed E-state index contributed by atoms with van der Waals surface area (Å²) in [6.07, 6.45) is 5.56. The minimum absolute atomic E-state index is 0.0629. The zero-order chi connectivity index (χ0) is 20.9. The predicted molar refractivity (Wildman–Crippen MR) is 117 cm³/mol. The number of furan rings is 1. The Bertz CT molecular complexity index is 1090. The van der Waals surface area contributed by atoms with Crippen molar-refractivity contribution in [2.75, 3.05) is 0 Å². The summed E-state index contributed by atoms with van der Waals surface area (Å²) in [5.74, 6) is 0.615. The first-order chi connectivity index (χ1) is 14.5. The van der Waals surface area contributed by atoms with E-state index >= 15 is 0 Å². The lowest BCUT2D eigenvalue weighted by atomic mass is 9.91. The molecule has 4 heterocycles. The van der Waals surface area contributed by atoms with Crippen LogP contribution >= 0.6 is 11.3 Å². The summed E-state index contributed by atoms with van der Waals surface area (Å²) in [7, 11) is 0. The molecule has 1 aliphatic carbocycles. The SMILES string of the molecule is Cc1cc2c(cc3n2C[C@@](C)(C(=O)NC2CCCCC2)N(Cc2cccs2)C3=O)o1. The fourth-order valence-electron chi connectivity index (χ4n) is 4.86. The van der Waals surface area contributed by atoms with Crippen molar-refractivity contribution in [3.63, 3.8) is 0 Å². The number of amides is 2. The van der Waals surface area contributed by atoms with Gasteiger partial charge in [0.15, 0.2) is 5.58 Å². The molecule has 0 radical (unpaired) electrons. The fraction of sp³-hybridized carbons (Fsp3) is 0.478. The Labute approximate surface area is 179 Å². The third-order valence-electron chi connectivity index (χ3n) is 6.56. The molecule has 3 aromatic rings. The average molecular weight is 426 g/mol. The second kappa shape index (κ2) is 7.30. The molecule has 2 amide bonds. The Kier molecular flexibility index (Phi) is 4.73. The maximum atomic E-state index is 13.6. The van der Waals surface area contributed by atoms with E-state index in [1.54, 1.807) is 16.2 Å². The number of thiophene rings is 1. The molecule has 0 spiro atoms. The van der Waals surface area contributed by atoms with Crippen LogP contribution in [0, 0.1) is 6.92 Å². The summed E-state index contributed by atoms with van der Waals surface area (Å²) in [4.78, 5) is 30.0. The smallest absolute Gasteiger partial charge is 0.271 e. The molecule has 0 aromatic carbocycles. The van der Waals surface area contributed by atoms with Crippen LogP contribution in [0.15, 0.2) is 34.1 Å². The monoisotopic (exact) mass is 425 g/mol. The minimum atomic E-state index is -0.970. The van der Waals surface area contributed by atoms with E-state index in [4.69, 9.17) is 4.42 Å². The number of nitrogens with zero attached hydrogens (tertiary/aromatic N) is 2. The summed E-state index contributed by atoms with van der Waals surface area (Å²) in [5, 5.41) is 5.27. The molecule has 158 valence electrons. The number of hydrogen-bond donors (Lipinski definition) is 1. The Morgan fingerprint density at radius 3 is 2.83 bits per heavy atom. The van der Waals surface area contributed by atoms with Crippen molar-refractivity contribution in [1.82, 2.24) is 14.8 Å². The molecule has 30 heavy (non-hydrogen) atoms. The van der Waals surface area contributed by atoms with E-state index in [0.29, 0.717) is 24.4 Å². The van der Waals surface area contributed by atoms with Crippen molar-refractivity contribution in [1.29, 1.82) is 0 Å². The Balaban J connectivity index is 1.54. The summed E-state index contributed by atoms with van der Waals surface area (Å²) in [6, 6.07) is 7.95. The normalized spacial score (nSPS) is 22.5. The van der Waals surface area contributed by atoms with E-state index in [-0.39, 0.29) is 17.9 Å². The van der Waals surface area contributed by atoms with E-state index < -0.39 is 5.54 Å². The van der Waals surface area contributed by atoms with Gasteiger partial charge in [0.05, 0.1) is 18.6 Å². The molecule has 0 bridgehead atoms.